The number of nitro benzene ring substituents is 1. The number of carbonyl (C=O) groups is 2. The summed E-state index contributed by atoms with van der Waals surface area (Å²) in [6.45, 7) is 6.91. The number of carbonyl (C=O) groups excluding carboxylic acids is 2. The number of rotatable bonds is 13. The molecule has 1 fully saturated rings. The zero-order valence-electron chi connectivity index (χ0n) is 35.5. The quantitative estimate of drug-likeness (QED) is 0.0713. The van der Waals surface area contributed by atoms with E-state index < -0.39 is 30.6 Å². The number of hydrogen-bond acceptors (Lipinski definition) is 10. The zero-order chi connectivity index (χ0) is 44.0. The van der Waals surface area contributed by atoms with Gasteiger partial charge in [-0.2, -0.15) is 0 Å². The van der Waals surface area contributed by atoms with Crippen LogP contribution in [0.25, 0.3) is 0 Å². The molecule has 5 atom stereocenters. The Bertz CT molecular complexity index is 2690. The second kappa shape index (κ2) is 16.5. The second-order valence-electron chi connectivity index (χ2n) is 17.0. The molecule has 0 aliphatic carbocycles. The summed E-state index contributed by atoms with van der Waals surface area (Å²) >= 11 is 0. The molecule has 3 aliphatic rings. The Morgan fingerprint density at radius 1 is 0.952 bits per heavy atom. The van der Waals surface area contributed by atoms with Gasteiger partial charge in [0.15, 0.2) is 12.2 Å². The molecule has 63 heavy (non-hydrogen) atoms. The summed E-state index contributed by atoms with van der Waals surface area (Å²) in [6.07, 6.45) is 1.85. The summed E-state index contributed by atoms with van der Waals surface area (Å²) in [6, 6.07) is 37.2. The number of ether oxygens (including phenoxy) is 3. The minimum Gasteiger partial charge on any atom is -0.497 e. The lowest BCUT2D eigenvalue weighted by molar-refractivity contribution is -0.385. The summed E-state index contributed by atoms with van der Waals surface area (Å²) < 4.78 is 20.3. The van der Waals surface area contributed by atoms with Gasteiger partial charge in [-0.25, -0.2) is 0 Å². The number of nitro groups is 1. The third kappa shape index (κ3) is 7.25. The van der Waals surface area contributed by atoms with Gasteiger partial charge in [0.05, 0.1) is 62.3 Å². The molecule has 1 spiro atoms. The Morgan fingerprint density at radius 3 is 2.46 bits per heavy atom. The molecule has 3 aliphatic heterocycles. The fourth-order valence-corrected chi connectivity index (χ4v) is 14.2. The minimum atomic E-state index is -2.56. The smallest absolute Gasteiger partial charge is 0.269 e. The van der Waals surface area contributed by atoms with Crippen molar-refractivity contribution >= 4 is 47.8 Å². The predicted molar refractivity (Wildman–Crippen MR) is 239 cm³/mol. The normalized spacial score (nSPS) is 21.0. The minimum absolute atomic E-state index is 0.108. The Hall–Kier alpha value is -6.68. The van der Waals surface area contributed by atoms with E-state index in [9.17, 15) is 20.0 Å². The molecule has 14 nitrogen and oxygen atoms in total. The number of nitrogens with zero attached hydrogens (tertiary/aromatic N) is 6. The van der Waals surface area contributed by atoms with Crippen LogP contribution in [0.5, 0.6) is 11.5 Å². The number of non-ortho nitro benzene ring substituents is 1. The largest absolute Gasteiger partial charge is 0.497 e. The number of aromatic nitrogens is 3. The van der Waals surface area contributed by atoms with Crippen LogP contribution in [0.1, 0.15) is 41.6 Å². The van der Waals surface area contributed by atoms with Gasteiger partial charge >= 0.3 is 0 Å². The number of fused-ring (bicyclic) bond motifs is 3. The maximum Gasteiger partial charge on any atom is 0.269 e. The first-order valence-corrected chi connectivity index (χ1v) is 24.1. The van der Waals surface area contributed by atoms with E-state index in [1.165, 1.54) is 12.1 Å². The van der Waals surface area contributed by atoms with Gasteiger partial charge in [0.1, 0.15) is 11.5 Å². The molecule has 15 heteroatoms. The van der Waals surface area contributed by atoms with Gasteiger partial charge < -0.3 is 24.2 Å². The van der Waals surface area contributed by atoms with Crippen LogP contribution in [0.2, 0.25) is 18.6 Å². The number of aliphatic hydroxyl groups excluding tert-OH is 1. The Morgan fingerprint density at radius 2 is 1.71 bits per heavy atom. The fourth-order valence-electron chi connectivity index (χ4n) is 10.1. The molecule has 1 aromatic heterocycles. The highest BCUT2D eigenvalue weighted by molar-refractivity contribution is 6.91. The molecule has 1 unspecified atom stereocenters. The van der Waals surface area contributed by atoms with E-state index in [0.29, 0.717) is 47.0 Å². The number of anilines is 3. The van der Waals surface area contributed by atoms with E-state index in [4.69, 9.17) is 14.2 Å². The topological polar surface area (TPSA) is 162 Å². The van der Waals surface area contributed by atoms with Crippen LogP contribution in [0, 0.1) is 16.0 Å². The third-order valence-electron chi connectivity index (χ3n) is 13.2. The molecule has 1 saturated heterocycles. The number of hydrogen-bond donors (Lipinski definition) is 1. The average molecular weight is 865 g/mol. The lowest BCUT2D eigenvalue weighted by Gasteiger charge is -2.37. The van der Waals surface area contributed by atoms with E-state index in [2.05, 4.69) is 35.5 Å². The molecule has 6 aromatic rings. The monoisotopic (exact) mass is 864 g/mol. The number of para-hydroxylation sites is 2. The SMILES string of the molecule is COc1ccc([Si](C)(C)[C@H]2[C@H](CCn3cc(C(CO)c4ccccc4)nn3)O[C@@]3(C(=O)N(Cc4cccc(N5C(=O)COc6ccccc65)c4)c4ccc([N+](=O)[O-])cc43)[C@@H]2C)cc1. The molecule has 0 saturated carbocycles. The van der Waals surface area contributed by atoms with Crippen LogP contribution in [0.15, 0.2) is 128 Å². The maximum absolute atomic E-state index is 15.5. The highest BCUT2D eigenvalue weighted by Gasteiger charge is 2.66. The van der Waals surface area contributed by atoms with Gasteiger partial charge in [-0.05, 0) is 65.6 Å². The highest BCUT2D eigenvalue weighted by atomic mass is 28.3. The summed E-state index contributed by atoms with van der Waals surface area (Å²) in [4.78, 5) is 44.1. The first-order valence-electron chi connectivity index (χ1n) is 21.1. The van der Waals surface area contributed by atoms with Crippen LogP contribution in [0.4, 0.5) is 22.7 Å². The first kappa shape index (κ1) is 41.7. The Kier molecular flexibility index (Phi) is 10.9. The number of aliphatic hydroxyl groups is 1. The summed E-state index contributed by atoms with van der Waals surface area (Å²) in [5, 5.41) is 32.8. The number of benzene rings is 5. The van der Waals surface area contributed by atoms with Gasteiger partial charge in [-0.3, -0.25) is 29.3 Å². The third-order valence-corrected chi connectivity index (χ3v) is 17.5. The van der Waals surface area contributed by atoms with E-state index in [1.54, 1.807) is 27.7 Å². The molecule has 0 bridgehead atoms. The summed E-state index contributed by atoms with van der Waals surface area (Å²) in [5.41, 5.74) is 2.75. The number of amides is 2. The van der Waals surface area contributed by atoms with E-state index in [1.807, 2.05) is 104 Å². The van der Waals surface area contributed by atoms with Crippen molar-refractivity contribution in [1.29, 1.82) is 0 Å². The maximum atomic E-state index is 15.5. The lowest BCUT2D eigenvalue weighted by atomic mass is 9.82. The van der Waals surface area contributed by atoms with Crippen LogP contribution in [0.3, 0.4) is 0 Å². The molecular weight excluding hydrogens is 817 g/mol. The van der Waals surface area contributed by atoms with Crippen LogP contribution in [-0.4, -0.2) is 71.3 Å². The van der Waals surface area contributed by atoms with Crippen molar-refractivity contribution in [1.82, 2.24) is 15.0 Å². The van der Waals surface area contributed by atoms with Crippen molar-refractivity contribution in [2.75, 3.05) is 30.1 Å². The van der Waals surface area contributed by atoms with Crippen molar-refractivity contribution in [2.24, 2.45) is 5.92 Å². The lowest BCUT2D eigenvalue weighted by Crippen LogP contribution is -2.51. The van der Waals surface area contributed by atoms with Crippen molar-refractivity contribution in [3.63, 3.8) is 0 Å². The molecular formula is C48H48N6O8Si. The number of methoxy groups -OCH3 is 1. The molecule has 9 rings (SSSR count). The summed E-state index contributed by atoms with van der Waals surface area (Å²) in [5.74, 6) is 0.0487. The van der Waals surface area contributed by atoms with Gasteiger partial charge in [0, 0.05) is 42.0 Å². The first-order chi connectivity index (χ1) is 30.4. The van der Waals surface area contributed by atoms with Crippen molar-refractivity contribution in [3.05, 3.63) is 160 Å². The second-order valence-corrected chi connectivity index (χ2v) is 21.7. The van der Waals surface area contributed by atoms with E-state index in [-0.39, 0.29) is 48.7 Å². The molecule has 0 radical (unpaired) electrons. The standard InChI is InChI=1S/C48H48N6O8Si/c1-31-46(63(3,4)37-20-18-36(60-2)19-21-37)44(23-24-51-28-40(49-50-51)38(29-55)33-12-6-5-7-13-33)62-48(31)39-26-35(54(58)59)17-22-41(39)52(47(48)57)27-32-11-10-14-34(25-32)53-42-15-8-9-16-43(42)61-30-45(53)56/h5-22,25-26,28,31,38,44,46,55H,23-24,27,29-30H2,1-4H3/t31-,38?,44+,46-,48+/m1/s1. The zero-order valence-corrected chi connectivity index (χ0v) is 36.5. The molecule has 322 valence electrons. The van der Waals surface area contributed by atoms with Crippen LogP contribution in [-0.2, 0) is 33.0 Å². The molecule has 2 amide bonds. The van der Waals surface area contributed by atoms with E-state index in [0.717, 1.165) is 22.1 Å². The van der Waals surface area contributed by atoms with Crippen LogP contribution < -0.4 is 24.5 Å². The number of aryl methyl sites for hydroxylation is 1. The molecule has 4 heterocycles. The fraction of sp³-hybridized carbons (Fsp3) is 0.292. The van der Waals surface area contributed by atoms with Crippen molar-refractivity contribution in [2.45, 2.75) is 62.7 Å². The van der Waals surface area contributed by atoms with Crippen LogP contribution >= 0.6 is 0 Å². The Balaban J connectivity index is 1.09. The summed E-state index contributed by atoms with van der Waals surface area (Å²) in [7, 11) is -0.926. The highest BCUT2D eigenvalue weighted by Crippen LogP contribution is 2.60. The van der Waals surface area contributed by atoms with Crippen molar-refractivity contribution in [3.8, 4) is 11.5 Å². The van der Waals surface area contributed by atoms with E-state index >= 15 is 4.79 Å². The van der Waals surface area contributed by atoms with Gasteiger partial charge in [-0.1, -0.05) is 97.1 Å². The van der Waals surface area contributed by atoms with Gasteiger partial charge in [0.2, 0.25) is 0 Å². The van der Waals surface area contributed by atoms with Gasteiger partial charge in [-0.15, -0.1) is 5.10 Å². The Labute approximate surface area is 365 Å². The van der Waals surface area contributed by atoms with Gasteiger partial charge in [0.25, 0.3) is 17.5 Å². The molecule has 1 N–H and O–H groups in total. The average Bonchev–Trinajstić information content (AvgIpc) is 3.96. The predicted octanol–water partition coefficient (Wildman–Crippen LogP) is 7.23. The molecule has 5 aromatic carbocycles. The van der Waals surface area contributed by atoms with Crippen molar-refractivity contribution < 1.29 is 33.8 Å².